The van der Waals surface area contributed by atoms with E-state index in [1.54, 1.807) is 0 Å². The van der Waals surface area contributed by atoms with Crippen LogP contribution in [0.4, 0.5) is 11.4 Å². The zero-order chi connectivity index (χ0) is 18.2. The zero-order valence-electron chi connectivity index (χ0n) is 15.7. The SMILES string of the molecule is CCCCc1ccc(NC(=S)NCc2ccc(N(C)C)cc2)c(C)c1. The Morgan fingerprint density at radius 2 is 1.72 bits per heavy atom. The van der Waals surface area contributed by atoms with E-state index in [2.05, 4.69) is 71.8 Å². The lowest BCUT2D eigenvalue weighted by atomic mass is 10.0. The van der Waals surface area contributed by atoms with Crippen LogP contribution >= 0.6 is 12.2 Å². The van der Waals surface area contributed by atoms with Crippen LogP contribution in [0.15, 0.2) is 42.5 Å². The molecule has 0 aliphatic heterocycles. The first-order chi connectivity index (χ1) is 12.0. The third-order valence-electron chi connectivity index (χ3n) is 4.26. The van der Waals surface area contributed by atoms with E-state index in [9.17, 15) is 0 Å². The first kappa shape index (κ1) is 19.3. The van der Waals surface area contributed by atoms with Crippen molar-refractivity contribution >= 4 is 28.7 Å². The van der Waals surface area contributed by atoms with Crippen LogP contribution in [-0.4, -0.2) is 19.2 Å². The van der Waals surface area contributed by atoms with E-state index in [0.717, 1.165) is 12.1 Å². The second kappa shape index (κ2) is 9.42. The minimum Gasteiger partial charge on any atom is -0.378 e. The molecule has 3 nitrogen and oxygen atoms in total. The molecule has 0 aliphatic rings. The molecular formula is C21H29N3S. The largest absolute Gasteiger partial charge is 0.378 e. The molecule has 0 aliphatic carbocycles. The molecule has 0 atom stereocenters. The van der Waals surface area contributed by atoms with Crippen LogP contribution in [-0.2, 0) is 13.0 Å². The number of hydrogen-bond donors (Lipinski definition) is 2. The predicted octanol–water partition coefficient (Wildman–Crippen LogP) is 4.89. The number of rotatable bonds is 7. The highest BCUT2D eigenvalue weighted by Gasteiger charge is 2.03. The van der Waals surface area contributed by atoms with Crippen molar-refractivity contribution < 1.29 is 0 Å². The first-order valence-electron chi connectivity index (χ1n) is 8.90. The van der Waals surface area contributed by atoms with Gasteiger partial charge in [0.2, 0.25) is 0 Å². The summed E-state index contributed by atoms with van der Waals surface area (Å²) in [6.45, 7) is 5.06. The Morgan fingerprint density at radius 1 is 1.04 bits per heavy atom. The van der Waals surface area contributed by atoms with Gasteiger partial charge in [-0.25, -0.2) is 0 Å². The minimum atomic E-state index is 0.654. The number of nitrogens with one attached hydrogen (secondary N) is 2. The molecule has 2 N–H and O–H groups in total. The van der Waals surface area contributed by atoms with Gasteiger partial charge in [0, 0.05) is 32.0 Å². The summed E-state index contributed by atoms with van der Waals surface area (Å²) in [5, 5.41) is 7.24. The molecule has 2 aromatic carbocycles. The lowest BCUT2D eigenvalue weighted by Crippen LogP contribution is -2.28. The molecule has 0 fully saturated rings. The minimum absolute atomic E-state index is 0.654. The molecule has 0 amide bonds. The number of nitrogens with zero attached hydrogens (tertiary/aromatic N) is 1. The van der Waals surface area contributed by atoms with Crippen LogP contribution in [0, 0.1) is 6.92 Å². The number of hydrogen-bond acceptors (Lipinski definition) is 2. The summed E-state index contributed by atoms with van der Waals surface area (Å²) >= 11 is 5.43. The molecule has 2 aromatic rings. The monoisotopic (exact) mass is 355 g/mol. The highest BCUT2D eigenvalue weighted by molar-refractivity contribution is 7.80. The van der Waals surface area contributed by atoms with Crippen LogP contribution in [0.1, 0.15) is 36.5 Å². The quantitative estimate of drug-likeness (QED) is 0.692. The summed E-state index contributed by atoms with van der Waals surface area (Å²) < 4.78 is 0. The second-order valence-electron chi connectivity index (χ2n) is 6.62. The topological polar surface area (TPSA) is 27.3 Å². The fourth-order valence-corrected chi connectivity index (χ4v) is 2.85. The molecule has 4 heteroatoms. The van der Waals surface area contributed by atoms with Gasteiger partial charge in [-0.05, 0) is 66.9 Å². The van der Waals surface area contributed by atoms with Crippen molar-refractivity contribution in [1.82, 2.24) is 5.32 Å². The van der Waals surface area contributed by atoms with Crippen molar-refractivity contribution in [3.63, 3.8) is 0 Å². The molecular weight excluding hydrogens is 326 g/mol. The molecule has 0 saturated heterocycles. The summed E-state index contributed by atoms with van der Waals surface area (Å²) in [6.07, 6.45) is 3.60. The fourth-order valence-electron chi connectivity index (χ4n) is 2.66. The molecule has 0 aromatic heterocycles. The maximum atomic E-state index is 5.43. The fraction of sp³-hybridized carbons (Fsp3) is 0.381. The lowest BCUT2D eigenvalue weighted by molar-refractivity contribution is 0.794. The molecule has 25 heavy (non-hydrogen) atoms. The van der Waals surface area contributed by atoms with E-state index in [0.29, 0.717) is 11.7 Å². The van der Waals surface area contributed by atoms with Crippen LogP contribution in [0.3, 0.4) is 0 Å². The van der Waals surface area contributed by atoms with Gasteiger partial charge in [0.05, 0.1) is 0 Å². The average molecular weight is 356 g/mol. The van der Waals surface area contributed by atoms with Gasteiger partial charge in [-0.3, -0.25) is 0 Å². The lowest BCUT2D eigenvalue weighted by Gasteiger charge is -2.15. The van der Waals surface area contributed by atoms with E-state index < -0.39 is 0 Å². The van der Waals surface area contributed by atoms with Crippen molar-refractivity contribution in [2.24, 2.45) is 0 Å². The van der Waals surface area contributed by atoms with Crippen molar-refractivity contribution in [2.45, 2.75) is 39.7 Å². The summed E-state index contributed by atoms with van der Waals surface area (Å²) in [6, 6.07) is 15.0. The highest BCUT2D eigenvalue weighted by Crippen LogP contribution is 2.18. The molecule has 0 saturated carbocycles. The molecule has 0 spiro atoms. The van der Waals surface area contributed by atoms with Crippen LogP contribution in [0.25, 0.3) is 0 Å². The Kier molecular flexibility index (Phi) is 7.26. The normalized spacial score (nSPS) is 10.4. The Balaban J connectivity index is 1.87. The summed E-state index contributed by atoms with van der Waals surface area (Å²) in [5.74, 6) is 0. The van der Waals surface area contributed by atoms with Crippen molar-refractivity contribution in [2.75, 3.05) is 24.3 Å². The van der Waals surface area contributed by atoms with Gasteiger partial charge in [0.25, 0.3) is 0 Å². The number of benzene rings is 2. The summed E-state index contributed by atoms with van der Waals surface area (Å²) in [5.41, 5.74) is 6.10. The Labute approximate surface area is 157 Å². The molecule has 0 heterocycles. The average Bonchev–Trinajstić information content (AvgIpc) is 2.60. The van der Waals surface area contributed by atoms with Crippen molar-refractivity contribution in [1.29, 1.82) is 0 Å². The highest BCUT2D eigenvalue weighted by atomic mass is 32.1. The number of anilines is 2. The molecule has 0 bridgehead atoms. The zero-order valence-corrected chi connectivity index (χ0v) is 16.5. The molecule has 2 rings (SSSR count). The number of unbranched alkanes of at least 4 members (excludes halogenated alkanes) is 1. The van der Waals surface area contributed by atoms with Crippen LogP contribution in [0.5, 0.6) is 0 Å². The van der Waals surface area contributed by atoms with Gasteiger partial charge in [-0.15, -0.1) is 0 Å². The van der Waals surface area contributed by atoms with Crippen molar-refractivity contribution in [3.8, 4) is 0 Å². The van der Waals surface area contributed by atoms with Gasteiger partial charge in [0.1, 0.15) is 0 Å². The van der Waals surface area contributed by atoms with Crippen LogP contribution in [0.2, 0.25) is 0 Å². The molecule has 134 valence electrons. The summed E-state index contributed by atoms with van der Waals surface area (Å²) in [7, 11) is 4.09. The maximum Gasteiger partial charge on any atom is 0.171 e. The predicted molar refractivity (Wildman–Crippen MR) is 114 cm³/mol. The third-order valence-corrected chi connectivity index (χ3v) is 4.51. The Hall–Kier alpha value is -2.07. The van der Waals surface area contributed by atoms with Crippen LogP contribution < -0.4 is 15.5 Å². The van der Waals surface area contributed by atoms with E-state index >= 15 is 0 Å². The van der Waals surface area contributed by atoms with Crippen molar-refractivity contribution in [3.05, 3.63) is 59.2 Å². The standard InChI is InChI=1S/C21H29N3S/c1-5-6-7-17-10-13-20(16(2)14-17)23-21(25)22-15-18-8-11-19(12-9-18)24(3)4/h8-14H,5-7,15H2,1-4H3,(H2,22,23,25). The van der Waals surface area contributed by atoms with Gasteiger partial charge < -0.3 is 15.5 Å². The number of aryl methyl sites for hydroxylation is 2. The van der Waals surface area contributed by atoms with E-state index in [-0.39, 0.29) is 0 Å². The Bertz CT molecular complexity index is 693. The van der Waals surface area contributed by atoms with Gasteiger partial charge in [-0.2, -0.15) is 0 Å². The molecule has 0 unspecified atom stereocenters. The first-order valence-corrected chi connectivity index (χ1v) is 9.31. The second-order valence-corrected chi connectivity index (χ2v) is 7.03. The Morgan fingerprint density at radius 3 is 2.32 bits per heavy atom. The maximum absolute atomic E-state index is 5.43. The smallest absolute Gasteiger partial charge is 0.171 e. The van der Waals surface area contributed by atoms with E-state index in [4.69, 9.17) is 12.2 Å². The van der Waals surface area contributed by atoms with E-state index in [1.807, 2.05) is 14.1 Å². The van der Waals surface area contributed by atoms with Gasteiger partial charge in [-0.1, -0.05) is 37.6 Å². The van der Waals surface area contributed by atoms with E-state index in [1.165, 1.54) is 35.2 Å². The van der Waals surface area contributed by atoms with Gasteiger partial charge >= 0.3 is 0 Å². The number of thiocarbonyl (C=S) groups is 1. The molecule has 0 radical (unpaired) electrons. The summed E-state index contributed by atoms with van der Waals surface area (Å²) in [4.78, 5) is 2.09. The van der Waals surface area contributed by atoms with Gasteiger partial charge in [0.15, 0.2) is 5.11 Å². The third kappa shape index (κ3) is 6.05.